The van der Waals surface area contributed by atoms with E-state index in [2.05, 4.69) is 20.7 Å². The Kier molecular flexibility index (Phi) is 6.18. The molecule has 0 saturated heterocycles. The van der Waals surface area contributed by atoms with E-state index in [0.29, 0.717) is 19.3 Å². The summed E-state index contributed by atoms with van der Waals surface area (Å²) in [5.74, 6) is -0.864. The fourth-order valence-electron chi connectivity index (χ4n) is 1.48. The number of sulfonamides is 1. The van der Waals surface area contributed by atoms with Crippen LogP contribution >= 0.6 is 15.9 Å². The monoisotopic (exact) mass is 354 g/mol. The molecule has 19 heavy (non-hydrogen) atoms. The van der Waals surface area contributed by atoms with Gasteiger partial charge in [0.1, 0.15) is 4.90 Å². The lowest BCUT2D eigenvalue weighted by Gasteiger charge is -2.09. The molecule has 1 rings (SSSR count). The molecule has 4 N–H and O–H groups in total. The van der Waals surface area contributed by atoms with Gasteiger partial charge in [0.2, 0.25) is 10.0 Å². The normalized spacial score (nSPS) is 11.7. The molecule has 0 amide bonds. The Bertz CT molecular complexity index is 537. The number of aliphatic hydroxyl groups excluding tert-OH is 1. The summed E-state index contributed by atoms with van der Waals surface area (Å²) in [6.45, 7) is 0.262. The van der Waals surface area contributed by atoms with Crippen LogP contribution in [0.25, 0.3) is 0 Å². The zero-order valence-electron chi connectivity index (χ0n) is 10.2. The predicted molar refractivity (Wildman–Crippen MR) is 74.6 cm³/mol. The third-order valence-corrected chi connectivity index (χ3v) is 4.47. The van der Waals surface area contributed by atoms with Crippen LogP contribution in [0.4, 0.5) is 10.1 Å². The van der Waals surface area contributed by atoms with Crippen molar-refractivity contribution in [3.05, 3.63) is 22.4 Å². The number of hydrogen-bond donors (Lipinski definition) is 3. The first-order valence-corrected chi connectivity index (χ1v) is 8.01. The molecule has 0 unspecified atom stereocenters. The maximum Gasteiger partial charge on any atom is 0.243 e. The largest absolute Gasteiger partial charge is 0.399 e. The summed E-state index contributed by atoms with van der Waals surface area (Å²) >= 11 is 2.92. The van der Waals surface area contributed by atoms with Crippen molar-refractivity contribution < 1.29 is 17.9 Å². The number of anilines is 1. The standard InChI is InChI=1S/C11H16BrFN2O3S/c12-9-6-8(14)7-10(11(9)13)19(17,18)15-4-2-1-3-5-16/h6-7,15-16H,1-5,14H2. The third-order valence-electron chi connectivity index (χ3n) is 2.43. The van der Waals surface area contributed by atoms with Gasteiger partial charge in [-0.15, -0.1) is 0 Å². The van der Waals surface area contributed by atoms with Crippen LogP contribution in [-0.4, -0.2) is 26.7 Å². The lowest BCUT2D eigenvalue weighted by Crippen LogP contribution is -2.26. The zero-order chi connectivity index (χ0) is 14.5. The van der Waals surface area contributed by atoms with E-state index in [0.717, 1.165) is 6.07 Å². The van der Waals surface area contributed by atoms with Crippen LogP contribution in [-0.2, 0) is 10.0 Å². The minimum atomic E-state index is -3.92. The molecule has 0 bridgehead atoms. The van der Waals surface area contributed by atoms with E-state index in [1.54, 1.807) is 0 Å². The van der Waals surface area contributed by atoms with E-state index < -0.39 is 20.7 Å². The van der Waals surface area contributed by atoms with Crippen LogP contribution in [0.3, 0.4) is 0 Å². The minimum Gasteiger partial charge on any atom is -0.399 e. The van der Waals surface area contributed by atoms with E-state index in [9.17, 15) is 12.8 Å². The molecule has 108 valence electrons. The first-order chi connectivity index (χ1) is 8.88. The first-order valence-electron chi connectivity index (χ1n) is 5.73. The maximum absolute atomic E-state index is 13.8. The maximum atomic E-state index is 13.8. The van der Waals surface area contributed by atoms with E-state index in [4.69, 9.17) is 10.8 Å². The van der Waals surface area contributed by atoms with Crippen LogP contribution in [0.15, 0.2) is 21.5 Å². The van der Waals surface area contributed by atoms with Crippen molar-refractivity contribution in [2.45, 2.75) is 24.2 Å². The Labute approximate surface area is 120 Å². The van der Waals surface area contributed by atoms with Gasteiger partial charge in [-0.2, -0.15) is 0 Å². The van der Waals surface area contributed by atoms with Crippen molar-refractivity contribution >= 4 is 31.6 Å². The summed E-state index contributed by atoms with van der Waals surface area (Å²) in [5, 5.41) is 8.59. The van der Waals surface area contributed by atoms with Crippen molar-refractivity contribution in [3.63, 3.8) is 0 Å². The topological polar surface area (TPSA) is 92.4 Å². The molecule has 0 spiro atoms. The average molecular weight is 355 g/mol. The molecular weight excluding hydrogens is 339 g/mol. The second-order valence-electron chi connectivity index (χ2n) is 4.00. The van der Waals surface area contributed by atoms with Gasteiger partial charge in [-0.25, -0.2) is 17.5 Å². The molecule has 0 atom stereocenters. The van der Waals surface area contributed by atoms with Gasteiger partial charge >= 0.3 is 0 Å². The Hall–Kier alpha value is -0.700. The molecule has 5 nitrogen and oxygen atoms in total. The molecule has 0 saturated carbocycles. The van der Waals surface area contributed by atoms with Crippen LogP contribution < -0.4 is 10.5 Å². The highest BCUT2D eigenvalue weighted by Crippen LogP contribution is 2.25. The average Bonchev–Trinajstić information content (AvgIpc) is 2.33. The fourth-order valence-corrected chi connectivity index (χ4v) is 3.29. The summed E-state index contributed by atoms with van der Waals surface area (Å²) in [7, 11) is -3.92. The second kappa shape index (κ2) is 7.18. The molecule has 0 heterocycles. The highest BCUT2D eigenvalue weighted by atomic mass is 79.9. The van der Waals surface area contributed by atoms with Gasteiger partial charge in [-0.3, -0.25) is 0 Å². The smallest absolute Gasteiger partial charge is 0.243 e. The molecule has 1 aromatic rings. The van der Waals surface area contributed by atoms with Gasteiger partial charge in [-0.1, -0.05) is 0 Å². The Morgan fingerprint density at radius 1 is 1.32 bits per heavy atom. The molecule has 0 aliphatic carbocycles. The molecule has 0 fully saturated rings. The van der Waals surface area contributed by atoms with Gasteiger partial charge in [0, 0.05) is 18.8 Å². The fraction of sp³-hybridized carbons (Fsp3) is 0.455. The summed E-state index contributed by atoms with van der Waals surface area (Å²) in [6, 6.07) is 2.38. The van der Waals surface area contributed by atoms with E-state index in [-0.39, 0.29) is 23.3 Å². The SMILES string of the molecule is Nc1cc(Br)c(F)c(S(=O)(=O)NCCCCCO)c1. The van der Waals surface area contributed by atoms with Crippen LogP contribution in [0.1, 0.15) is 19.3 Å². The van der Waals surface area contributed by atoms with Crippen molar-refractivity contribution in [1.82, 2.24) is 4.72 Å². The first kappa shape index (κ1) is 16.4. The van der Waals surface area contributed by atoms with Crippen LogP contribution in [0, 0.1) is 5.82 Å². The van der Waals surface area contributed by atoms with Crippen molar-refractivity contribution in [2.75, 3.05) is 18.9 Å². The number of unbranched alkanes of at least 4 members (excludes halogenated alkanes) is 2. The van der Waals surface area contributed by atoms with Crippen molar-refractivity contribution in [2.24, 2.45) is 0 Å². The summed E-state index contributed by atoms with van der Waals surface area (Å²) in [5.41, 5.74) is 5.66. The molecule has 0 radical (unpaired) electrons. The molecular formula is C11H16BrFN2O3S. The number of nitrogens with one attached hydrogen (secondary N) is 1. The molecule has 0 aliphatic heterocycles. The Morgan fingerprint density at radius 2 is 2.00 bits per heavy atom. The predicted octanol–water partition coefficient (Wildman–Crippen LogP) is 1.61. The minimum absolute atomic E-state index is 0.00755. The molecule has 1 aromatic carbocycles. The molecule has 0 aromatic heterocycles. The lowest BCUT2D eigenvalue weighted by molar-refractivity contribution is 0.283. The number of rotatable bonds is 7. The van der Waals surface area contributed by atoms with Gasteiger partial charge in [0.15, 0.2) is 5.82 Å². The number of aliphatic hydroxyl groups is 1. The molecule has 8 heteroatoms. The Balaban J connectivity index is 2.78. The number of nitrogens with two attached hydrogens (primary N) is 1. The van der Waals surface area contributed by atoms with Gasteiger partial charge in [-0.05, 0) is 47.3 Å². The van der Waals surface area contributed by atoms with Crippen LogP contribution in [0.2, 0.25) is 0 Å². The Morgan fingerprint density at radius 3 is 2.63 bits per heavy atom. The van der Waals surface area contributed by atoms with Crippen molar-refractivity contribution in [1.29, 1.82) is 0 Å². The van der Waals surface area contributed by atoms with Gasteiger partial charge in [0.25, 0.3) is 0 Å². The van der Waals surface area contributed by atoms with E-state index >= 15 is 0 Å². The molecule has 0 aliphatic rings. The second-order valence-corrected chi connectivity index (χ2v) is 6.59. The van der Waals surface area contributed by atoms with Gasteiger partial charge in [0.05, 0.1) is 4.47 Å². The lowest BCUT2D eigenvalue weighted by atomic mass is 10.2. The van der Waals surface area contributed by atoms with E-state index in [1.807, 2.05) is 0 Å². The van der Waals surface area contributed by atoms with Crippen molar-refractivity contribution in [3.8, 4) is 0 Å². The number of hydrogen-bond acceptors (Lipinski definition) is 4. The zero-order valence-corrected chi connectivity index (χ0v) is 12.6. The highest BCUT2D eigenvalue weighted by Gasteiger charge is 2.21. The highest BCUT2D eigenvalue weighted by molar-refractivity contribution is 9.10. The number of benzene rings is 1. The summed E-state index contributed by atoms with van der Waals surface area (Å²) in [4.78, 5) is -0.471. The number of nitrogen functional groups attached to an aromatic ring is 1. The summed E-state index contributed by atoms with van der Waals surface area (Å²) < 4.78 is 39.9. The summed E-state index contributed by atoms with van der Waals surface area (Å²) in [6.07, 6.45) is 1.88. The van der Waals surface area contributed by atoms with Gasteiger partial charge < -0.3 is 10.8 Å². The number of halogens is 2. The quantitative estimate of drug-likeness (QED) is 0.512. The van der Waals surface area contributed by atoms with Crippen LogP contribution in [0.5, 0.6) is 0 Å². The van der Waals surface area contributed by atoms with E-state index in [1.165, 1.54) is 6.07 Å². The third kappa shape index (κ3) is 4.72.